The molecule has 0 aliphatic carbocycles. The van der Waals surface area contributed by atoms with Crippen molar-refractivity contribution in [2.24, 2.45) is 4.99 Å². The van der Waals surface area contributed by atoms with Gasteiger partial charge in [0.1, 0.15) is 11.2 Å². The van der Waals surface area contributed by atoms with Crippen molar-refractivity contribution in [3.05, 3.63) is 64.8 Å². The van der Waals surface area contributed by atoms with Crippen molar-refractivity contribution in [2.75, 3.05) is 28.4 Å². The number of benzene rings is 2. The largest absolute Gasteiger partial charge is 0.493 e. The summed E-state index contributed by atoms with van der Waals surface area (Å²) in [5, 5.41) is 2.64. The number of hydrogen-bond acceptors (Lipinski definition) is 7. The van der Waals surface area contributed by atoms with Gasteiger partial charge < -0.3 is 23.3 Å². The zero-order valence-corrected chi connectivity index (χ0v) is 20.9. The summed E-state index contributed by atoms with van der Waals surface area (Å²) in [6.45, 7) is 4.25. The molecule has 0 N–H and O–H groups in total. The second kappa shape index (κ2) is 7.58. The van der Waals surface area contributed by atoms with Crippen LogP contribution in [0.1, 0.15) is 35.5 Å². The lowest BCUT2D eigenvalue weighted by atomic mass is 9.75. The number of nitrogens with zero attached hydrogens (tertiary/aromatic N) is 3. The summed E-state index contributed by atoms with van der Waals surface area (Å²) >= 11 is 0. The van der Waals surface area contributed by atoms with Crippen LogP contribution in [0.2, 0.25) is 0 Å². The number of ether oxygens (including phenoxy) is 4. The summed E-state index contributed by atoms with van der Waals surface area (Å²) in [7, 11) is 6.15. The van der Waals surface area contributed by atoms with E-state index in [0.29, 0.717) is 33.8 Å². The number of carbonyl (C=O) groups excluding carboxylic acids is 1. The molecule has 0 bridgehead atoms. The number of para-hydroxylation sites is 1. The van der Waals surface area contributed by atoms with Gasteiger partial charge in [-0.2, -0.15) is 0 Å². The zero-order valence-electron chi connectivity index (χ0n) is 20.9. The van der Waals surface area contributed by atoms with Crippen LogP contribution in [0, 0.1) is 0 Å². The first-order valence-electron chi connectivity index (χ1n) is 11.5. The van der Waals surface area contributed by atoms with Crippen molar-refractivity contribution >= 4 is 39.0 Å². The van der Waals surface area contributed by atoms with Crippen LogP contribution in [0.15, 0.2) is 47.6 Å². The minimum Gasteiger partial charge on any atom is -0.493 e. The van der Waals surface area contributed by atoms with Gasteiger partial charge in [0.05, 0.1) is 50.5 Å². The summed E-state index contributed by atoms with van der Waals surface area (Å²) < 4.78 is 24.3. The molecule has 3 aromatic heterocycles. The summed E-state index contributed by atoms with van der Waals surface area (Å²) in [5.74, 6) is 1.12. The molecule has 6 rings (SSSR count). The Morgan fingerprint density at radius 1 is 0.944 bits per heavy atom. The molecular weight excluding hydrogens is 458 g/mol. The number of aromatic nitrogens is 2. The van der Waals surface area contributed by atoms with Crippen LogP contribution in [-0.2, 0) is 10.2 Å². The molecular formula is C28H25N3O5. The highest BCUT2D eigenvalue weighted by Gasteiger charge is 2.38. The summed E-state index contributed by atoms with van der Waals surface area (Å²) in [6, 6.07) is 11.8. The first-order chi connectivity index (χ1) is 17.3. The minimum atomic E-state index is -0.546. The van der Waals surface area contributed by atoms with E-state index in [2.05, 4.69) is 30.5 Å². The van der Waals surface area contributed by atoms with Crippen LogP contribution in [0.3, 0.4) is 0 Å². The van der Waals surface area contributed by atoms with E-state index in [-0.39, 0.29) is 5.69 Å². The molecule has 4 heterocycles. The lowest BCUT2D eigenvalue weighted by Crippen LogP contribution is -2.33. The fourth-order valence-electron chi connectivity index (χ4n) is 5.51. The molecule has 0 fully saturated rings. The lowest BCUT2D eigenvalue weighted by molar-refractivity contribution is 0.0594. The standard InChI is InChI=1S/C28H25N3O5/c1-28(2)16-13-31-19-10-8-7-9-14(19)15-11-18(27(32)36-6)30-23(24(15)31)22(16)29-17-12-20(33-3)25(34-4)26(35-5)21(17)28/h7-13H,1-6H3. The Balaban J connectivity index is 1.85. The summed E-state index contributed by atoms with van der Waals surface area (Å²) in [6.07, 6.45) is 2.12. The van der Waals surface area contributed by atoms with Gasteiger partial charge in [-0.05, 0) is 12.1 Å². The highest BCUT2D eigenvalue weighted by atomic mass is 16.5. The third kappa shape index (κ3) is 2.72. The molecule has 5 aromatic rings. The van der Waals surface area contributed by atoms with Gasteiger partial charge in [0.2, 0.25) is 5.75 Å². The average molecular weight is 484 g/mol. The molecule has 2 aromatic carbocycles. The Morgan fingerprint density at radius 3 is 2.39 bits per heavy atom. The van der Waals surface area contributed by atoms with Crippen molar-refractivity contribution in [3.63, 3.8) is 0 Å². The number of pyridine rings is 2. The van der Waals surface area contributed by atoms with Crippen molar-refractivity contribution in [2.45, 2.75) is 19.3 Å². The highest BCUT2D eigenvalue weighted by Crippen LogP contribution is 2.52. The van der Waals surface area contributed by atoms with Crippen molar-refractivity contribution < 1.29 is 23.7 Å². The molecule has 8 heteroatoms. The second-order valence-corrected chi connectivity index (χ2v) is 9.30. The van der Waals surface area contributed by atoms with Gasteiger partial charge in [0.15, 0.2) is 11.5 Å². The topological polar surface area (TPSA) is 83.7 Å². The van der Waals surface area contributed by atoms with E-state index in [1.54, 1.807) is 27.4 Å². The van der Waals surface area contributed by atoms with E-state index in [9.17, 15) is 4.79 Å². The minimum absolute atomic E-state index is 0.236. The summed E-state index contributed by atoms with van der Waals surface area (Å²) in [4.78, 5) is 22.5. The van der Waals surface area contributed by atoms with E-state index in [0.717, 1.165) is 32.9 Å². The van der Waals surface area contributed by atoms with Crippen LogP contribution < -0.4 is 19.6 Å². The maximum Gasteiger partial charge on any atom is 0.356 e. The first-order valence-corrected chi connectivity index (χ1v) is 11.5. The smallest absolute Gasteiger partial charge is 0.356 e. The number of methoxy groups -OCH3 is 4. The van der Waals surface area contributed by atoms with Crippen molar-refractivity contribution in [3.8, 4) is 17.2 Å². The molecule has 8 nitrogen and oxygen atoms in total. The third-order valence-corrected chi connectivity index (χ3v) is 7.16. The SMILES string of the molecule is COC(=O)c1cc2c3ccccc3n3cc4c(c(n1)c23)=Nc1cc(OC)c(OC)c(OC)c1C4(C)C. The fourth-order valence-corrected chi connectivity index (χ4v) is 5.51. The van der Waals surface area contributed by atoms with Gasteiger partial charge in [0.25, 0.3) is 0 Å². The van der Waals surface area contributed by atoms with Crippen molar-refractivity contribution in [1.29, 1.82) is 0 Å². The Morgan fingerprint density at radius 2 is 1.69 bits per heavy atom. The van der Waals surface area contributed by atoms with E-state index >= 15 is 0 Å². The average Bonchev–Trinajstić information content (AvgIpc) is 3.21. The lowest BCUT2D eigenvalue weighted by Gasteiger charge is -2.33. The molecule has 36 heavy (non-hydrogen) atoms. The van der Waals surface area contributed by atoms with E-state index < -0.39 is 11.4 Å². The monoisotopic (exact) mass is 483 g/mol. The first kappa shape index (κ1) is 22.2. The molecule has 0 amide bonds. The fraction of sp³-hybridized carbons (Fsp3) is 0.250. The van der Waals surface area contributed by atoms with Crippen LogP contribution in [0.5, 0.6) is 17.2 Å². The molecule has 182 valence electrons. The molecule has 0 radical (unpaired) electrons. The van der Waals surface area contributed by atoms with Gasteiger partial charge in [0, 0.05) is 39.6 Å². The molecule has 1 aliphatic rings. The Bertz CT molecular complexity index is 1780. The Kier molecular flexibility index (Phi) is 4.67. The summed E-state index contributed by atoms with van der Waals surface area (Å²) in [5.41, 5.74) is 4.78. The quantitative estimate of drug-likeness (QED) is 0.343. The molecule has 0 saturated heterocycles. The van der Waals surface area contributed by atoms with Crippen LogP contribution in [0.25, 0.3) is 27.3 Å². The molecule has 0 atom stereocenters. The van der Waals surface area contributed by atoms with Crippen LogP contribution in [-0.4, -0.2) is 43.8 Å². The molecule has 0 spiro atoms. The predicted molar refractivity (Wildman–Crippen MR) is 136 cm³/mol. The van der Waals surface area contributed by atoms with Crippen molar-refractivity contribution in [1.82, 2.24) is 9.38 Å². The third-order valence-electron chi connectivity index (χ3n) is 7.16. The second-order valence-electron chi connectivity index (χ2n) is 9.30. The van der Waals surface area contributed by atoms with E-state index in [1.807, 2.05) is 24.3 Å². The predicted octanol–water partition coefficient (Wildman–Crippen LogP) is 4.76. The van der Waals surface area contributed by atoms with Gasteiger partial charge in [-0.1, -0.05) is 32.0 Å². The van der Waals surface area contributed by atoms with Gasteiger partial charge in [-0.15, -0.1) is 0 Å². The number of carbonyl (C=O) groups is 1. The maximum atomic E-state index is 12.6. The Labute approximate surface area is 207 Å². The van der Waals surface area contributed by atoms with Crippen LogP contribution >= 0.6 is 0 Å². The number of hydrogen-bond donors (Lipinski definition) is 0. The van der Waals surface area contributed by atoms with E-state index in [1.165, 1.54) is 7.11 Å². The van der Waals surface area contributed by atoms with Gasteiger partial charge >= 0.3 is 5.97 Å². The molecule has 0 saturated carbocycles. The van der Waals surface area contributed by atoms with Crippen LogP contribution in [0.4, 0.5) is 5.69 Å². The maximum absolute atomic E-state index is 12.6. The number of esters is 1. The number of fused-ring (bicyclic) bond motifs is 6. The van der Waals surface area contributed by atoms with E-state index in [4.69, 9.17) is 28.9 Å². The van der Waals surface area contributed by atoms with Gasteiger partial charge in [-0.3, -0.25) is 0 Å². The normalized spacial score (nSPS) is 13.8. The number of rotatable bonds is 4. The highest BCUT2D eigenvalue weighted by molar-refractivity contribution is 6.14. The van der Waals surface area contributed by atoms with Gasteiger partial charge in [-0.25, -0.2) is 14.8 Å². The molecule has 1 aliphatic heterocycles. The zero-order chi connectivity index (χ0) is 25.4. The molecule has 0 unspecified atom stereocenters. The Hall–Kier alpha value is -4.33.